The number of rotatable bonds is 5. The molecule has 0 aromatic heterocycles. The minimum atomic E-state index is -0.364. The average Bonchev–Trinajstić information content (AvgIpc) is 2.40. The normalized spacial score (nSPS) is 20.8. The van der Waals surface area contributed by atoms with E-state index in [1.165, 1.54) is 6.07 Å². The molecule has 0 bridgehead atoms. The first-order valence-corrected chi connectivity index (χ1v) is 6.48. The molecule has 0 amide bonds. The van der Waals surface area contributed by atoms with E-state index in [0.717, 1.165) is 19.6 Å². The Labute approximate surface area is 112 Å². The van der Waals surface area contributed by atoms with Crippen molar-refractivity contribution in [2.45, 2.75) is 25.4 Å². The fourth-order valence-electron chi connectivity index (χ4n) is 2.28. The number of hydrogen-bond acceptors (Lipinski definition) is 5. The van der Waals surface area contributed by atoms with E-state index < -0.39 is 0 Å². The maximum absolute atomic E-state index is 10.9. The van der Waals surface area contributed by atoms with Crippen LogP contribution in [0, 0.1) is 10.1 Å². The summed E-state index contributed by atoms with van der Waals surface area (Å²) in [4.78, 5) is 10.6. The third-order valence-corrected chi connectivity index (χ3v) is 3.14. The molecule has 19 heavy (non-hydrogen) atoms. The molecule has 1 aromatic rings. The number of benzene rings is 1. The van der Waals surface area contributed by atoms with Gasteiger partial charge in [-0.3, -0.25) is 10.1 Å². The van der Waals surface area contributed by atoms with E-state index >= 15 is 0 Å². The molecule has 2 N–H and O–H groups in total. The standard InChI is InChI=1S/C13H19N3O3/c1-10(8-11-9-19-7-6-14-11)15-12-4-2-3-5-13(12)16(17)18/h2-5,10-11,14-15H,6-9H2,1H3. The van der Waals surface area contributed by atoms with Gasteiger partial charge in [0.05, 0.1) is 18.1 Å². The lowest BCUT2D eigenvalue weighted by atomic mass is 10.1. The van der Waals surface area contributed by atoms with E-state index in [2.05, 4.69) is 10.6 Å². The number of ether oxygens (including phenoxy) is 1. The second-order valence-electron chi connectivity index (χ2n) is 4.78. The first-order chi connectivity index (χ1) is 9.16. The molecule has 1 saturated heterocycles. The summed E-state index contributed by atoms with van der Waals surface area (Å²) in [6.07, 6.45) is 0.867. The van der Waals surface area contributed by atoms with Crippen LogP contribution in [0.5, 0.6) is 0 Å². The van der Waals surface area contributed by atoms with Crippen LogP contribution in [-0.2, 0) is 4.74 Å². The quantitative estimate of drug-likeness (QED) is 0.627. The number of nitrogens with zero attached hydrogens (tertiary/aromatic N) is 1. The zero-order valence-corrected chi connectivity index (χ0v) is 11.0. The van der Waals surface area contributed by atoms with E-state index in [4.69, 9.17) is 4.74 Å². The van der Waals surface area contributed by atoms with E-state index in [-0.39, 0.29) is 16.7 Å². The van der Waals surface area contributed by atoms with Crippen molar-refractivity contribution in [3.8, 4) is 0 Å². The van der Waals surface area contributed by atoms with Gasteiger partial charge in [0.2, 0.25) is 0 Å². The number of para-hydroxylation sites is 2. The molecule has 1 heterocycles. The van der Waals surface area contributed by atoms with Crippen molar-refractivity contribution in [1.82, 2.24) is 5.32 Å². The molecule has 1 aliphatic rings. The highest BCUT2D eigenvalue weighted by molar-refractivity contribution is 5.61. The number of nitro groups is 1. The first-order valence-electron chi connectivity index (χ1n) is 6.48. The molecular weight excluding hydrogens is 246 g/mol. The topological polar surface area (TPSA) is 76.4 Å². The van der Waals surface area contributed by atoms with Crippen molar-refractivity contribution in [3.63, 3.8) is 0 Å². The van der Waals surface area contributed by atoms with Gasteiger partial charge in [-0.15, -0.1) is 0 Å². The van der Waals surface area contributed by atoms with Crippen LogP contribution < -0.4 is 10.6 Å². The third-order valence-electron chi connectivity index (χ3n) is 3.14. The summed E-state index contributed by atoms with van der Waals surface area (Å²) in [7, 11) is 0. The molecule has 6 heteroatoms. The van der Waals surface area contributed by atoms with Crippen LogP contribution in [0.15, 0.2) is 24.3 Å². The van der Waals surface area contributed by atoms with Crippen molar-refractivity contribution >= 4 is 11.4 Å². The van der Waals surface area contributed by atoms with Gasteiger partial charge >= 0.3 is 0 Å². The van der Waals surface area contributed by atoms with Gasteiger partial charge in [0.1, 0.15) is 5.69 Å². The predicted octanol–water partition coefficient (Wildman–Crippen LogP) is 1.77. The number of nitro benzene ring substituents is 1. The molecular formula is C13H19N3O3. The summed E-state index contributed by atoms with van der Waals surface area (Å²) in [5, 5.41) is 17.5. The van der Waals surface area contributed by atoms with Gasteiger partial charge in [0.25, 0.3) is 5.69 Å². The Morgan fingerprint density at radius 2 is 2.37 bits per heavy atom. The molecule has 2 rings (SSSR count). The van der Waals surface area contributed by atoms with Crippen molar-refractivity contribution in [2.24, 2.45) is 0 Å². The van der Waals surface area contributed by atoms with Gasteiger partial charge in [-0.2, -0.15) is 0 Å². The molecule has 1 fully saturated rings. The fraction of sp³-hybridized carbons (Fsp3) is 0.538. The van der Waals surface area contributed by atoms with Gasteiger partial charge in [-0.05, 0) is 19.4 Å². The largest absolute Gasteiger partial charge is 0.379 e. The highest BCUT2D eigenvalue weighted by atomic mass is 16.6. The van der Waals surface area contributed by atoms with E-state index in [9.17, 15) is 10.1 Å². The van der Waals surface area contributed by atoms with Crippen molar-refractivity contribution in [3.05, 3.63) is 34.4 Å². The van der Waals surface area contributed by atoms with Crippen LogP contribution in [-0.4, -0.2) is 36.8 Å². The number of nitrogens with one attached hydrogen (secondary N) is 2. The number of hydrogen-bond donors (Lipinski definition) is 2. The average molecular weight is 265 g/mol. The van der Waals surface area contributed by atoms with Crippen LogP contribution in [0.2, 0.25) is 0 Å². The summed E-state index contributed by atoms with van der Waals surface area (Å²) in [5.41, 5.74) is 0.680. The summed E-state index contributed by atoms with van der Waals surface area (Å²) in [6, 6.07) is 7.16. The first kappa shape index (κ1) is 13.8. The van der Waals surface area contributed by atoms with Gasteiger partial charge in [-0.1, -0.05) is 12.1 Å². The van der Waals surface area contributed by atoms with Crippen LogP contribution in [0.3, 0.4) is 0 Å². The molecule has 1 aliphatic heterocycles. The van der Waals surface area contributed by atoms with E-state index in [1.807, 2.05) is 6.92 Å². The second kappa shape index (κ2) is 6.49. The summed E-state index contributed by atoms with van der Waals surface area (Å²) >= 11 is 0. The number of anilines is 1. The van der Waals surface area contributed by atoms with Gasteiger partial charge < -0.3 is 15.4 Å². The van der Waals surface area contributed by atoms with Crippen LogP contribution >= 0.6 is 0 Å². The SMILES string of the molecule is CC(CC1COCCN1)Nc1ccccc1[N+](=O)[O-]. The Morgan fingerprint density at radius 3 is 3.05 bits per heavy atom. The highest BCUT2D eigenvalue weighted by Gasteiger charge is 2.18. The Bertz CT molecular complexity index is 433. The zero-order valence-electron chi connectivity index (χ0n) is 11.0. The van der Waals surface area contributed by atoms with E-state index in [1.54, 1.807) is 18.2 Å². The second-order valence-corrected chi connectivity index (χ2v) is 4.78. The van der Waals surface area contributed by atoms with Crippen LogP contribution in [0.25, 0.3) is 0 Å². The van der Waals surface area contributed by atoms with Crippen LogP contribution in [0.4, 0.5) is 11.4 Å². The lowest BCUT2D eigenvalue weighted by Crippen LogP contribution is -2.43. The maximum atomic E-state index is 10.9. The molecule has 1 aromatic carbocycles. The minimum Gasteiger partial charge on any atom is -0.379 e. The third kappa shape index (κ3) is 3.90. The molecule has 104 valence electrons. The molecule has 6 nitrogen and oxygen atoms in total. The molecule has 0 spiro atoms. The summed E-state index contributed by atoms with van der Waals surface area (Å²) in [6.45, 7) is 4.33. The fourth-order valence-corrected chi connectivity index (χ4v) is 2.28. The summed E-state index contributed by atoms with van der Waals surface area (Å²) in [5.74, 6) is 0. The maximum Gasteiger partial charge on any atom is 0.292 e. The van der Waals surface area contributed by atoms with Gasteiger partial charge in [0.15, 0.2) is 0 Å². The Balaban J connectivity index is 1.94. The van der Waals surface area contributed by atoms with Gasteiger partial charge in [-0.25, -0.2) is 0 Å². The minimum absolute atomic E-state index is 0.113. The van der Waals surface area contributed by atoms with Crippen molar-refractivity contribution < 1.29 is 9.66 Å². The van der Waals surface area contributed by atoms with E-state index in [0.29, 0.717) is 18.3 Å². The monoisotopic (exact) mass is 265 g/mol. The lowest BCUT2D eigenvalue weighted by molar-refractivity contribution is -0.384. The molecule has 2 atom stereocenters. The van der Waals surface area contributed by atoms with Gasteiger partial charge in [0, 0.05) is 24.7 Å². The van der Waals surface area contributed by atoms with Crippen molar-refractivity contribution in [1.29, 1.82) is 0 Å². The molecule has 2 unspecified atom stereocenters. The highest BCUT2D eigenvalue weighted by Crippen LogP contribution is 2.24. The Hall–Kier alpha value is -1.66. The van der Waals surface area contributed by atoms with Crippen LogP contribution in [0.1, 0.15) is 13.3 Å². The zero-order chi connectivity index (χ0) is 13.7. The van der Waals surface area contributed by atoms with Crippen molar-refractivity contribution in [2.75, 3.05) is 25.1 Å². The smallest absolute Gasteiger partial charge is 0.292 e. The molecule has 0 aliphatic carbocycles. The number of morpholine rings is 1. The Kier molecular flexibility index (Phi) is 4.70. The molecule has 0 radical (unpaired) electrons. The lowest BCUT2D eigenvalue weighted by Gasteiger charge is -2.27. The molecule has 0 saturated carbocycles. The predicted molar refractivity (Wildman–Crippen MR) is 73.4 cm³/mol. The summed E-state index contributed by atoms with van der Waals surface area (Å²) < 4.78 is 5.40. The Morgan fingerprint density at radius 1 is 1.58 bits per heavy atom.